The lowest BCUT2D eigenvalue weighted by Gasteiger charge is -2.18. The number of carbonyl (C=O) groups is 3. The number of cyclic esters (lactones) is 2. The number of rotatable bonds is 3. The van der Waals surface area contributed by atoms with Crippen LogP contribution >= 0.6 is 0 Å². The van der Waals surface area contributed by atoms with Gasteiger partial charge in [-0.1, -0.05) is 12.1 Å². The van der Waals surface area contributed by atoms with E-state index in [1.807, 2.05) is 0 Å². The fourth-order valence-electron chi connectivity index (χ4n) is 2.02. The van der Waals surface area contributed by atoms with Crippen LogP contribution in [0.2, 0.25) is 0 Å². The van der Waals surface area contributed by atoms with Crippen molar-refractivity contribution >= 4 is 29.1 Å². The lowest BCUT2D eigenvalue weighted by atomic mass is 10.0. The quantitative estimate of drug-likeness (QED) is 0.254. The number of ether oxygens (including phenoxy) is 1. The minimum atomic E-state index is -1.16. The first-order valence-electron chi connectivity index (χ1n) is 6.36. The number of hydrogen-bond acceptors (Lipinski definition) is 7. The molecular formula is C15H14N2O5. The van der Waals surface area contributed by atoms with E-state index in [-0.39, 0.29) is 11.3 Å². The Morgan fingerprint density at radius 1 is 1.18 bits per heavy atom. The Kier molecular flexibility index (Phi) is 3.98. The van der Waals surface area contributed by atoms with E-state index in [0.29, 0.717) is 11.4 Å². The SMILES string of the molecule is CC(=O)C1=C(O)C(=C(C)Nc2ccccc2N)C(=O)OC1=O. The molecule has 0 atom stereocenters. The second kappa shape index (κ2) is 5.72. The molecule has 0 fully saturated rings. The lowest BCUT2D eigenvalue weighted by molar-refractivity contribution is -0.155. The van der Waals surface area contributed by atoms with Crippen LogP contribution in [0.3, 0.4) is 0 Å². The van der Waals surface area contributed by atoms with Crippen LogP contribution in [-0.4, -0.2) is 22.8 Å². The van der Waals surface area contributed by atoms with Gasteiger partial charge < -0.3 is 20.9 Å². The molecule has 7 heteroatoms. The van der Waals surface area contributed by atoms with Crippen LogP contribution in [0.25, 0.3) is 0 Å². The van der Waals surface area contributed by atoms with Crippen molar-refractivity contribution in [2.24, 2.45) is 0 Å². The number of nitrogen functional groups attached to an aromatic ring is 1. The van der Waals surface area contributed by atoms with Gasteiger partial charge in [-0.3, -0.25) is 4.79 Å². The van der Waals surface area contributed by atoms with E-state index >= 15 is 0 Å². The van der Waals surface area contributed by atoms with Crippen LogP contribution in [0.4, 0.5) is 11.4 Å². The molecule has 114 valence electrons. The number of anilines is 2. The number of benzene rings is 1. The number of carbonyl (C=O) groups excluding carboxylic acids is 3. The number of aliphatic hydroxyl groups excluding tert-OH is 1. The third-order valence-electron chi connectivity index (χ3n) is 3.08. The van der Waals surface area contributed by atoms with E-state index in [1.54, 1.807) is 24.3 Å². The molecule has 0 unspecified atom stereocenters. The average Bonchev–Trinajstić information content (AvgIpc) is 2.40. The zero-order chi connectivity index (χ0) is 16.4. The van der Waals surface area contributed by atoms with Crippen LogP contribution in [-0.2, 0) is 19.1 Å². The van der Waals surface area contributed by atoms with Crippen molar-refractivity contribution in [2.45, 2.75) is 13.8 Å². The summed E-state index contributed by atoms with van der Waals surface area (Å²) in [7, 11) is 0. The number of aliphatic hydroxyl groups is 1. The maximum absolute atomic E-state index is 11.8. The molecule has 0 spiro atoms. The highest BCUT2D eigenvalue weighted by Gasteiger charge is 2.36. The first kappa shape index (κ1) is 15.3. The molecule has 0 radical (unpaired) electrons. The average molecular weight is 302 g/mol. The summed E-state index contributed by atoms with van der Waals surface area (Å²) in [5.74, 6) is -3.59. The smallest absolute Gasteiger partial charge is 0.353 e. The van der Waals surface area contributed by atoms with E-state index in [4.69, 9.17) is 5.73 Å². The zero-order valence-corrected chi connectivity index (χ0v) is 12.0. The number of nitrogens with one attached hydrogen (secondary N) is 1. The maximum Gasteiger partial charge on any atom is 0.353 e. The van der Waals surface area contributed by atoms with Gasteiger partial charge in [-0.15, -0.1) is 0 Å². The van der Waals surface area contributed by atoms with Gasteiger partial charge in [0.2, 0.25) is 0 Å². The summed E-state index contributed by atoms with van der Waals surface area (Å²) in [6.07, 6.45) is 0. The standard InChI is InChI=1S/C15H14N2O5/c1-7(17-10-6-4-3-5-9(10)16)11-13(19)12(8(2)18)15(21)22-14(11)20/h3-6,17,19H,16H2,1-2H3. The van der Waals surface area contributed by atoms with Crippen molar-refractivity contribution < 1.29 is 24.2 Å². The van der Waals surface area contributed by atoms with Gasteiger partial charge in [0.15, 0.2) is 5.78 Å². The lowest BCUT2D eigenvalue weighted by Crippen LogP contribution is -2.29. The Hall–Kier alpha value is -3.09. The Balaban J connectivity index is 2.52. The van der Waals surface area contributed by atoms with Crippen molar-refractivity contribution in [3.8, 4) is 0 Å². The van der Waals surface area contributed by atoms with Crippen molar-refractivity contribution in [2.75, 3.05) is 11.1 Å². The summed E-state index contributed by atoms with van der Waals surface area (Å²) >= 11 is 0. The molecule has 0 saturated heterocycles. The molecule has 0 saturated carbocycles. The van der Waals surface area contributed by atoms with E-state index in [1.165, 1.54) is 6.92 Å². The number of ketones is 1. The molecule has 2 rings (SSSR count). The number of para-hydroxylation sites is 2. The van der Waals surface area contributed by atoms with Gasteiger partial charge in [0, 0.05) is 5.70 Å². The number of nitrogens with two attached hydrogens (primary N) is 1. The van der Waals surface area contributed by atoms with Crippen molar-refractivity contribution in [3.05, 3.63) is 46.9 Å². The predicted molar refractivity (Wildman–Crippen MR) is 78.6 cm³/mol. The molecule has 1 aliphatic heterocycles. The van der Waals surface area contributed by atoms with Gasteiger partial charge in [0.05, 0.1) is 11.4 Å². The molecule has 4 N–H and O–H groups in total. The van der Waals surface area contributed by atoms with Crippen LogP contribution in [0.1, 0.15) is 13.8 Å². The van der Waals surface area contributed by atoms with Crippen LogP contribution in [0.15, 0.2) is 46.9 Å². The number of esters is 2. The van der Waals surface area contributed by atoms with Gasteiger partial charge >= 0.3 is 11.9 Å². The summed E-state index contributed by atoms with van der Waals surface area (Å²) in [6.45, 7) is 2.59. The summed E-state index contributed by atoms with van der Waals surface area (Å²) in [5.41, 5.74) is 6.08. The third-order valence-corrected chi connectivity index (χ3v) is 3.08. The largest absolute Gasteiger partial charge is 0.506 e. The second-order valence-corrected chi connectivity index (χ2v) is 4.67. The van der Waals surface area contributed by atoms with Crippen molar-refractivity contribution in [1.29, 1.82) is 0 Å². The fraction of sp³-hybridized carbons (Fsp3) is 0.133. The summed E-state index contributed by atoms with van der Waals surface area (Å²) in [6, 6.07) is 6.79. The second-order valence-electron chi connectivity index (χ2n) is 4.67. The van der Waals surface area contributed by atoms with Crippen LogP contribution in [0.5, 0.6) is 0 Å². The van der Waals surface area contributed by atoms with E-state index in [2.05, 4.69) is 10.1 Å². The summed E-state index contributed by atoms with van der Waals surface area (Å²) < 4.78 is 4.49. The van der Waals surface area contributed by atoms with E-state index < -0.39 is 29.1 Å². The van der Waals surface area contributed by atoms with Crippen LogP contribution in [0, 0.1) is 0 Å². The molecule has 0 aliphatic carbocycles. The molecule has 1 aromatic carbocycles. The van der Waals surface area contributed by atoms with Gasteiger partial charge in [-0.25, -0.2) is 9.59 Å². The Morgan fingerprint density at radius 2 is 1.82 bits per heavy atom. The molecule has 1 aliphatic rings. The van der Waals surface area contributed by atoms with Gasteiger partial charge in [0.25, 0.3) is 0 Å². The topological polar surface area (TPSA) is 119 Å². The Bertz CT molecular complexity index is 746. The monoisotopic (exact) mass is 302 g/mol. The maximum atomic E-state index is 11.8. The molecule has 0 amide bonds. The number of hydrogen-bond donors (Lipinski definition) is 3. The predicted octanol–water partition coefficient (Wildman–Crippen LogP) is 1.44. The third kappa shape index (κ3) is 2.69. The van der Waals surface area contributed by atoms with Crippen molar-refractivity contribution in [1.82, 2.24) is 0 Å². The highest BCUT2D eigenvalue weighted by Crippen LogP contribution is 2.27. The number of Topliss-reactive ketones (excluding diaryl/α,β-unsaturated/α-hetero) is 1. The van der Waals surface area contributed by atoms with Crippen LogP contribution < -0.4 is 11.1 Å². The minimum Gasteiger partial charge on any atom is -0.506 e. The minimum absolute atomic E-state index is 0.201. The fourth-order valence-corrected chi connectivity index (χ4v) is 2.02. The highest BCUT2D eigenvalue weighted by atomic mass is 16.6. The summed E-state index contributed by atoms with van der Waals surface area (Å²) in [5, 5.41) is 12.9. The molecule has 0 aromatic heterocycles. The zero-order valence-electron chi connectivity index (χ0n) is 12.0. The normalized spacial score (nSPS) is 17.2. The van der Waals surface area contributed by atoms with E-state index in [0.717, 1.165) is 6.92 Å². The number of allylic oxidation sites excluding steroid dienone is 1. The van der Waals surface area contributed by atoms with Crippen molar-refractivity contribution in [3.63, 3.8) is 0 Å². The first-order chi connectivity index (χ1) is 10.3. The first-order valence-corrected chi connectivity index (χ1v) is 6.36. The molecule has 0 bridgehead atoms. The van der Waals surface area contributed by atoms with Gasteiger partial charge in [0.1, 0.15) is 16.9 Å². The summed E-state index contributed by atoms with van der Waals surface area (Å²) in [4.78, 5) is 34.7. The highest BCUT2D eigenvalue weighted by molar-refractivity contribution is 6.23. The Labute approximate surface area is 126 Å². The molecule has 7 nitrogen and oxygen atoms in total. The molecule has 1 aromatic rings. The van der Waals surface area contributed by atoms with Gasteiger partial charge in [-0.2, -0.15) is 0 Å². The van der Waals surface area contributed by atoms with Gasteiger partial charge in [-0.05, 0) is 26.0 Å². The van der Waals surface area contributed by atoms with E-state index in [9.17, 15) is 19.5 Å². The molecular weight excluding hydrogens is 288 g/mol. The molecule has 1 heterocycles. The Morgan fingerprint density at radius 3 is 2.41 bits per heavy atom. The molecule has 22 heavy (non-hydrogen) atoms.